The number of carbonyl (C=O) groups is 1. The molecule has 2 aromatic rings. The zero-order valence-corrected chi connectivity index (χ0v) is 13.0. The zero-order chi connectivity index (χ0) is 14.5. The lowest BCUT2D eigenvalue weighted by Crippen LogP contribution is -2.13. The summed E-state index contributed by atoms with van der Waals surface area (Å²) in [5.74, 6) is 0.404. The number of amides is 1. The number of hydrogen-bond donors (Lipinski definition) is 1. The van der Waals surface area contributed by atoms with Crippen molar-refractivity contribution in [3.05, 3.63) is 58.1 Å². The first-order valence-corrected chi connectivity index (χ1v) is 7.20. The summed E-state index contributed by atoms with van der Waals surface area (Å²) in [6.07, 6.45) is 0. The normalized spacial score (nSPS) is 10.2. The van der Waals surface area contributed by atoms with Crippen molar-refractivity contribution in [1.82, 2.24) is 0 Å². The molecule has 0 atom stereocenters. The molecule has 0 aliphatic heterocycles. The van der Waals surface area contributed by atoms with Crippen LogP contribution in [-0.2, 0) is 0 Å². The third-order valence-electron chi connectivity index (χ3n) is 2.76. The van der Waals surface area contributed by atoms with Gasteiger partial charge < -0.3 is 10.1 Å². The first-order chi connectivity index (χ1) is 9.60. The van der Waals surface area contributed by atoms with E-state index >= 15 is 0 Å². The van der Waals surface area contributed by atoms with Gasteiger partial charge in [0.25, 0.3) is 5.91 Å². The Hall–Kier alpha value is -1.81. The van der Waals surface area contributed by atoms with Gasteiger partial charge in [0, 0.05) is 10.2 Å². The minimum absolute atomic E-state index is 0.180. The Balaban J connectivity index is 2.26. The Morgan fingerprint density at radius 3 is 2.75 bits per heavy atom. The van der Waals surface area contributed by atoms with Gasteiger partial charge in [-0.3, -0.25) is 4.79 Å². The average Bonchev–Trinajstić information content (AvgIpc) is 2.41. The lowest BCUT2D eigenvalue weighted by molar-refractivity contribution is 0.102. The van der Waals surface area contributed by atoms with Crippen LogP contribution in [0.4, 0.5) is 5.69 Å². The Kier molecular flexibility index (Phi) is 4.79. The van der Waals surface area contributed by atoms with Gasteiger partial charge >= 0.3 is 0 Å². The fourth-order valence-electron chi connectivity index (χ4n) is 1.88. The average molecular weight is 334 g/mol. The SMILES string of the molecule is CCOc1ccc(Br)cc1C(=O)Nc1cccc(C)c1. The molecule has 0 bridgehead atoms. The van der Waals surface area contributed by atoms with Crippen molar-refractivity contribution < 1.29 is 9.53 Å². The summed E-state index contributed by atoms with van der Waals surface area (Å²) in [6, 6.07) is 13.1. The van der Waals surface area contributed by atoms with Crippen LogP contribution in [0.2, 0.25) is 0 Å². The Bertz CT molecular complexity index is 626. The summed E-state index contributed by atoms with van der Waals surface area (Å²) >= 11 is 3.38. The van der Waals surface area contributed by atoms with Gasteiger partial charge in [0.2, 0.25) is 0 Å². The number of halogens is 1. The number of aryl methyl sites for hydroxylation is 1. The van der Waals surface area contributed by atoms with E-state index < -0.39 is 0 Å². The first-order valence-electron chi connectivity index (χ1n) is 6.40. The fraction of sp³-hybridized carbons (Fsp3) is 0.188. The first kappa shape index (κ1) is 14.6. The fourth-order valence-corrected chi connectivity index (χ4v) is 2.24. The van der Waals surface area contributed by atoms with E-state index in [4.69, 9.17) is 4.74 Å². The molecule has 0 aliphatic rings. The Morgan fingerprint density at radius 1 is 1.25 bits per heavy atom. The second-order valence-corrected chi connectivity index (χ2v) is 5.31. The van der Waals surface area contributed by atoms with Crippen LogP contribution >= 0.6 is 15.9 Å². The van der Waals surface area contributed by atoms with Crippen molar-refractivity contribution in [2.75, 3.05) is 11.9 Å². The molecule has 4 heteroatoms. The predicted molar refractivity (Wildman–Crippen MR) is 84.4 cm³/mol. The van der Waals surface area contributed by atoms with E-state index in [1.165, 1.54) is 0 Å². The number of anilines is 1. The molecular formula is C16H16BrNO2. The molecule has 0 radical (unpaired) electrons. The quantitative estimate of drug-likeness (QED) is 0.899. The molecule has 1 N–H and O–H groups in total. The van der Waals surface area contributed by atoms with Crippen LogP contribution in [0.5, 0.6) is 5.75 Å². The molecule has 2 aromatic carbocycles. The molecule has 0 saturated heterocycles. The molecule has 2 rings (SSSR count). The van der Waals surface area contributed by atoms with E-state index in [1.54, 1.807) is 12.1 Å². The topological polar surface area (TPSA) is 38.3 Å². The summed E-state index contributed by atoms with van der Waals surface area (Å²) in [6.45, 7) is 4.40. The second kappa shape index (κ2) is 6.57. The van der Waals surface area contributed by atoms with Crippen LogP contribution in [0.1, 0.15) is 22.8 Å². The van der Waals surface area contributed by atoms with Gasteiger partial charge in [-0.1, -0.05) is 28.1 Å². The van der Waals surface area contributed by atoms with E-state index in [-0.39, 0.29) is 5.91 Å². The van der Waals surface area contributed by atoms with Gasteiger partial charge in [-0.2, -0.15) is 0 Å². The highest BCUT2D eigenvalue weighted by molar-refractivity contribution is 9.10. The van der Waals surface area contributed by atoms with Crippen molar-refractivity contribution in [1.29, 1.82) is 0 Å². The van der Waals surface area contributed by atoms with Gasteiger partial charge in [-0.15, -0.1) is 0 Å². The monoisotopic (exact) mass is 333 g/mol. The van der Waals surface area contributed by atoms with Crippen molar-refractivity contribution >= 4 is 27.5 Å². The van der Waals surface area contributed by atoms with Gasteiger partial charge in [-0.05, 0) is 49.7 Å². The molecule has 20 heavy (non-hydrogen) atoms. The summed E-state index contributed by atoms with van der Waals surface area (Å²) in [7, 11) is 0. The minimum Gasteiger partial charge on any atom is -0.493 e. The van der Waals surface area contributed by atoms with Crippen molar-refractivity contribution in [2.24, 2.45) is 0 Å². The van der Waals surface area contributed by atoms with Gasteiger partial charge in [0.1, 0.15) is 5.75 Å². The van der Waals surface area contributed by atoms with Crippen LogP contribution in [0.15, 0.2) is 46.9 Å². The molecule has 0 spiro atoms. The van der Waals surface area contributed by atoms with E-state index in [2.05, 4.69) is 21.2 Å². The van der Waals surface area contributed by atoms with Crippen LogP contribution < -0.4 is 10.1 Å². The third kappa shape index (κ3) is 3.61. The molecule has 0 unspecified atom stereocenters. The van der Waals surface area contributed by atoms with Gasteiger partial charge in [0.15, 0.2) is 0 Å². The molecule has 0 fully saturated rings. The highest BCUT2D eigenvalue weighted by Gasteiger charge is 2.13. The number of rotatable bonds is 4. The lowest BCUT2D eigenvalue weighted by atomic mass is 10.1. The predicted octanol–water partition coefficient (Wildman–Crippen LogP) is 4.41. The van der Waals surface area contributed by atoms with Gasteiger partial charge in [-0.25, -0.2) is 0 Å². The maximum absolute atomic E-state index is 12.4. The Morgan fingerprint density at radius 2 is 2.05 bits per heavy atom. The number of nitrogens with one attached hydrogen (secondary N) is 1. The summed E-state index contributed by atoms with van der Waals surface area (Å²) in [5, 5.41) is 2.89. The van der Waals surface area contributed by atoms with E-state index in [0.29, 0.717) is 17.9 Å². The number of benzene rings is 2. The van der Waals surface area contributed by atoms with Crippen molar-refractivity contribution in [3.63, 3.8) is 0 Å². The van der Waals surface area contributed by atoms with Crippen molar-refractivity contribution in [3.8, 4) is 5.75 Å². The van der Waals surface area contributed by atoms with Gasteiger partial charge in [0.05, 0.1) is 12.2 Å². The van der Waals surface area contributed by atoms with Crippen LogP contribution in [0.3, 0.4) is 0 Å². The Labute approximate surface area is 127 Å². The maximum Gasteiger partial charge on any atom is 0.259 e. The number of hydrogen-bond acceptors (Lipinski definition) is 2. The number of ether oxygens (including phenoxy) is 1. The summed E-state index contributed by atoms with van der Waals surface area (Å²) in [4.78, 5) is 12.4. The molecule has 0 heterocycles. The zero-order valence-electron chi connectivity index (χ0n) is 11.4. The minimum atomic E-state index is -0.180. The summed E-state index contributed by atoms with van der Waals surface area (Å²) < 4.78 is 6.34. The van der Waals surface area contributed by atoms with Crippen LogP contribution in [0, 0.1) is 6.92 Å². The molecular weight excluding hydrogens is 318 g/mol. The molecule has 1 amide bonds. The van der Waals surface area contributed by atoms with Crippen LogP contribution in [0.25, 0.3) is 0 Å². The highest BCUT2D eigenvalue weighted by atomic mass is 79.9. The number of carbonyl (C=O) groups excluding carboxylic acids is 1. The molecule has 3 nitrogen and oxygen atoms in total. The largest absolute Gasteiger partial charge is 0.493 e. The van der Waals surface area contributed by atoms with E-state index in [1.807, 2.05) is 44.2 Å². The lowest BCUT2D eigenvalue weighted by Gasteiger charge is -2.11. The smallest absolute Gasteiger partial charge is 0.259 e. The molecule has 0 aromatic heterocycles. The third-order valence-corrected chi connectivity index (χ3v) is 3.26. The molecule has 0 aliphatic carbocycles. The summed E-state index contributed by atoms with van der Waals surface area (Å²) in [5.41, 5.74) is 2.39. The standard InChI is InChI=1S/C16H16BrNO2/c1-3-20-15-8-7-12(17)10-14(15)16(19)18-13-6-4-5-11(2)9-13/h4-10H,3H2,1-2H3,(H,18,19). The molecule has 0 saturated carbocycles. The van der Waals surface area contributed by atoms with Crippen LogP contribution in [-0.4, -0.2) is 12.5 Å². The van der Waals surface area contributed by atoms with E-state index in [0.717, 1.165) is 15.7 Å². The second-order valence-electron chi connectivity index (χ2n) is 4.40. The molecule has 104 valence electrons. The van der Waals surface area contributed by atoms with E-state index in [9.17, 15) is 4.79 Å². The highest BCUT2D eigenvalue weighted by Crippen LogP contribution is 2.24. The maximum atomic E-state index is 12.4. The van der Waals surface area contributed by atoms with Crippen molar-refractivity contribution in [2.45, 2.75) is 13.8 Å².